The topological polar surface area (TPSA) is 127 Å². The number of aliphatic carboxylic acids is 2. The molecule has 8 heteroatoms. The average Bonchev–Trinajstić information content (AvgIpc) is 2.76. The zero-order chi connectivity index (χ0) is 24.1. The SMILES string of the molecule is N[CH-]C[CH-]CCCCCC[CH-]C[CH-]C(=O)O.N[CH-]C[CH-]CCCCCC[CH-]C[CH-]C(=O)O.[Cu].[Cu]. The molecule has 0 saturated heterocycles. The largest absolute Gasteiger partial charge is 0.503 e. The van der Waals surface area contributed by atoms with E-state index >= 15 is 0 Å². The van der Waals surface area contributed by atoms with Crippen molar-refractivity contribution in [1.29, 1.82) is 0 Å². The van der Waals surface area contributed by atoms with Crippen LogP contribution in [0.5, 0.6) is 0 Å². The molecule has 6 nitrogen and oxygen atoms in total. The molecule has 0 aromatic rings. The molecule has 0 unspecified atom stereocenters. The second-order valence-corrected chi connectivity index (χ2v) is 7.64. The minimum atomic E-state index is -0.830. The normalized spacial score (nSPS) is 9.71. The number of hydrogen-bond donors (Lipinski definition) is 4. The number of rotatable bonds is 24. The Morgan fingerprint density at radius 3 is 1.00 bits per heavy atom. The van der Waals surface area contributed by atoms with Crippen LogP contribution in [0.2, 0.25) is 0 Å². The van der Waals surface area contributed by atoms with Crippen LogP contribution in [0.1, 0.15) is 103 Å². The summed E-state index contributed by atoms with van der Waals surface area (Å²) in [5.41, 5.74) is 10.5. The minimum Gasteiger partial charge on any atom is -0.503 e. The number of carboxylic acid groups (broad SMARTS) is 2. The Morgan fingerprint density at radius 1 is 0.500 bits per heavy atom. The third kappa shape index (κ3) is 45.2. The molecule has 214 valence electrons. The summed E-state index contributed by atoms with van der Waals surface area (Å²) in [5.74, 6) is -1.66. The van der Waals surface area contributed by atoms with Crippen LogP contribution in [-0.4, -0.2) is 22.2 Å². The Balaban J connectivity index is -0.000000250. The van der Waals surface area contributed by atoms with Crippen molar-refractivity contribution < 1.29 is 53.9 Å². The van der Waals surface area contributed by atoms with Gasteiger partial charge in [-0.3, -0.25) is 35.3 Å². The van der Waals surface area contributed by atoms with Crippen molar-refractivity contribution in [2.24, 2.45) is 11.5 Å². The predicted octanol–water partition coefficient (Wildman–Crippen LogP) is 5.85. The Labute approximate surface area is 231 Å². The van der Waals surface area contributed by atoms with Crippen LogP contribution < -0.4 is 11.5 Å². The molecule has 0 fully saturated rings. The summed E-state index contributed by atoms with van der Waals surface area (Å²) in [7, 11) is 0. The third-order valence-corrected chi connectivity index (χ3v) is 4.66. The Morgan fingerprint density at radius 2 is 0.765 bits per heavy atom. The smallest absolute Gasteiger partial charge is 0.161 e. The molecule has 2 radical (unpaired) electrons. The molecule has 0 aromatic carbocycles. The average molecular weight is 578 g/mol. The molecule has 0 heterocycles. The monoisotopic (exact) mass is 576 g/mol. The van der Waals surface area contributed by atoms with Gasteiger partial charge in [0.05, 0.1) is 0 Å². The zero-order valence-electron chi connectivity index (χ0n) is 20.4. The van der Waals surface area contributed by atoms with E-state index in [-0.39, 0.29) is 34.1 Å². The van der Waals surface area contributed by atoms with E-state index in [4.69, 9.17) is 21.7 Å². The molecule has 0 aliphatic rings. The first-order valence-electron chi connectivity index (χ1n) is 12.0. The van der Waals surface area contributed by atoms with E-state index in [1.165, 1.54) is 51.4 Å². The van der Waals surface area contributed by atoms with Crippen molar-refractivity contribution in [2.75, 3.05) is 0 Å². The van der Waals surface area contributed by atoms with Gasteiger partial charge in [-0.2, -0.15) is 25.7 Å². The van der Waals surface area contributed by atoms with Crippen LogP contribution in [0.3, 0.4) is 0 Å². The molecule has 0 amide bonds. The van der Waals surface area contributed by atoms with Gasteiger partial charge in [0.2, 0.25) is 0 Å². The molecule has 0 aliphatic carbocycles. The fourth-order valence-corrected chi connectivity index (χ4v) is 2.89. The van der Waals surface area contributed by atoms with Gasteiger partial charge in [-0.25, -0.2) is 0 Å². The summed E-state index contributed by atoms with van der Waals surface area (Å²) in [6.45, 7) is 3.35. The summed E-state index contributed by atoms with van der Waals surface area (Å²) in [6, 6.07) is 0. The van der Waals surface area contributed by atoms with Crippen molar-refractivity contribution in [1.82, 2.24) is 0 Å². The van der Waals surface area contributed by atoms with Gasteiger partial charge in [0, 0.05) is 34.1 Å². The number of carboxylic acids is 2. The van der Waals surface area contributed by atoms with Gasteiger partial charge in [0.15, 0.2) is 11.9 Å². The van der Waals surface area contributed by atoms with Gasteiger partial charge in [-0.05, 0) is 0 Å². The molecule has 0 rings (SSSR count). The first-order valence-corrected chi connectivity index (χ1v) is 12.0. The van der Waals surface area contributed by atoms with Gasteiger partial charge in [0.25, 0.3) is 0 Å². The van der Waals surface area contributed by atoms with Crippen molar-refractivity contribution in [3.8, 4) is 0 Å². The fraction of sp³-hybridized carbons (Fsp3) is 0.615. The summed E-state index contributed by atoms with van der Waals surface area (Å²) < 4.78 is 0. The maximum absolute atomic E-state index is 10.2. The van der Waals surface area contributed by atoms with Gasteiger partial charge in [-0.1, -0.05) is 51.4 Å². The van der Waals surface area contributed by atoms with Crippen LogP contribution in [0, 0.1) is 51.6 Å². The second kappa shape index (κ2) is 37.2. The zero-order valence-corrected chi connectivity index (χ0v) is 22.3. The number of hydrogen-bond acceptors (Lipinski definition) is 4. The first kappa shape index (κ1) is 40.8. The van der Waals surface area contributed by atoms with E-state index in [1.807, 2.05) is 12.8 Å². The summed E-state index contributed by atoms with van der Waals surface area (Å²) >= 11 is 0. The quantitative estimate of drug-likeness (QED) is 0.0648. The van der Waals surface area contributed by atoms with Gasteiger partial charge < -0.3 is 73.3 Å². The minimum absolute atomic E-state index is 0. The summed E-state index contributed by atoms with van der Waals surface area (Å²) in [6.07, 6.45) is 28.1. The second-order valence-electron chi connectivity index (χ2n) is 7.64. The molecule has 0 bridgehead atoms. The fourth-order valence-electron chi connectivity index (χ4n) is 2.89. The van der Waals surface area contributed by atoms with E-state index in [2.05, 4.69) is 12.8 Å². The molecule has 0 atom stereocenters. The Hall–Kier alpha value is -0.361. The standard InChI is InChI=1S/2C13H23NO2.2Cu/c2*14-12-10-8-6-4-2-1-3-5-7-9-11-13(15)16;;/h2*7-8,11-12H,1-6,9-10,14H2,(H,15,16);;/q2*-4;;. The number of unbranched alkanes of at least 4 members (excludes halogenated alkanes) is 18. The summed E-state index contributed by atoms with van der Waals surface area (Å²) in [4.78, 5) is 20.3. The van der Waals surface area contributed by atoms with Crippen LogP contribution in [0.25, 0.3) is 0 Å². The van der Waals surface area contributed by atoms with Crippen molar-refractivity contribution in [3.63, 3.8) is 0 Å². The van der Waals surface area contributed by atoms with E-state index in [0.717, 1.165) is 51.4 Å². The van der Waals surface area contributed by atoms with Crippen LogP contribution in [-0.2, 0) is 43.7 Å². The van der Waals surface area contributed by atoms with Crippen molar-refractivity contribution in [2.45, 2.75) is 103 Å². The van der Waals surface area contributed by atoms with E-state index in [0.29, 0.717) is 12.8 Å². The van der Waals surface area contributed by atoms with Crippen LogP contribution in [0.15, 0.2) is 0 Å². The maximum Gasteiger partial charge on any atom is 0.161 e. The van der Waals surface area contributed by atoms with Crippen LogP contribution >= 0.6 is 0 Å². The first-order chi connectivity index (χ1) is 15.5. The molecule has 0 aliphatic heterocycles. The Bertz CT molecular complexity index is 367. The van der Waals surface area contributed by atoms with E-state index in [1.54, 1.807) is 13.1 Å². The molecule has 0 spiro atoms. The molecule has 6 N–H and O–H groups in total. The molecular formula is C26H46Cu2N2O4-8. The van der Waals surface area contributed by atoms with Gasteiger partial charge in [0.1, 0.15) is 0 Å². The number of carbonyl (C=O) groups is 2. The maximum atomic E-state index is 10.2. The molecule has 0 aromatic heterocycles. The van der Waals surface area contributed by atoms with E-state index < -0.39 is 11.9 Å². The van der Waals surface area contributed by atoms with Crippen molar-refractivity contribution >= 4 is 11.9 Å². The van der Waals surface area contributed by atoms with Gasteiger partial charge >= 0.3 is 0 Å². The van der Waals surface area contributed by atoms with Gasteiger partial charge in [-0.15, -0.1) is 0 Å². The molecular weight excluding hydrogens is 531 g/mol. The van der Waals surface area contributed by atoms with E-state index in [9.17, 15) is 9.59 Å². The predicted molar refractivity (Wildman–Crippen MR) is 132 cm³/mol. The molecule has 0 saturated carbocycles. The third-order valence-electron chi connectivity index (χ3n) is 4.66. The van der Waals surface area contributed by atoms with Crippen molar-refractivity contribution in [3.05, 3.63) is 51.6 Å². The molecule has 34 heavy (non-hydrogen) atoms. The van der Waals surface area contributed by atoms with Crippen LogP contribution in [0.4, 0.5) is 0 Å². The Kier molecular flexibility index (Phi) is 44.6. The summed E-state index contributed by atoms with van der Waals surface area (Å²) in [5, 5.41) is 16.7. The number of nitrogens with two attached hydrogens (primary N) is 2.